The fraction of sp³-hybridized carbons (Fsp3) is 0.889. The molecule has 2 amide bonds. The third kappa shape index (κ3) is 4.70. The Hall–Kier alpha value is -1.14. The predicted octanol–water partition coefficient (Wildman–Crippen LogP) is 0.531. The average molecular weight is 336 g/mol. The Kier molecular flexibility index (Phi) is 6.11. The molecule has 3 rings (SSSR count). The van der Waals surface area contributed by atoms with Crippen LogP contribution in [0.5, 0.6) is 0 Å². The summed E-state index contributed by atoms with van der Waals surface area (Å²) in [5.41, 5.74) is 0. The highest BCUT2D eigenvalue weighted by molar-refractivity contribution is 5.80. The number of nitrogens with one attached hydrogen (secondary N) is 1. The van der Waals surface area contributed by atoms with Gasteiger partial charge in [0, 0.05) is 44.6 Å². The van der Waals surface area contributed by atoms with Crippen molar-refractivity contribution in [3.8, 4) is 0 Å². The highest BCUT2D eigenvalue weighted by Crippen LogP contribution is 2.29. The molecule has 6 nitrogen and oxygen atoms in total. The Morgan fingerprint density at radius 2 is 1.92 bits per heavy atom. The van der Waals surface area contributed by atoms with Crippen molar-refractivity contribution in [1.29, 1.82) is 0 Å². The van der Waals surface area contributed by atoms with Crippen molar-refractivity contribution in [1.82, 2.24) is 20.0 Å². The molecule has 136 valence electrons. The van der Waals surface area contributed by atoms with Gasteiger partial charge in [-0.05, 0) is 39.4 Å². The topological polar surface area (TPSA) is 55.9 Å². The van der Waals surface area contributed by atoms with Crippen molar-refractivity contribution in [2.45, 2.75) is 44.6 Å². The lowest BCUT2D eigenvalue weighted by atomic mass is 10.1. The van der Waals surface area contributed by atoms with Gasteiger partial charge in [0.25, 0.3) is 0 Å². The van der Waals surface area contributed by atoms with Crippen LogP contribution in [0.3, 0.4) is 0 Å². The highest BCUT2D eigenvalue weighted by atomic mass is 16.2. The van der Waals surface area contributed by atoms with Crippen LogP contribution in [0.1, 0.15) is 38.5 Å². The minimum atomic E-state index is 0.103. The number of amides is 2. The molecular formula is C18H32N4O2. The number of likely N-dealkylation sites (N-methyl/N-ethyl adjacent to an activating group) is 1. The van der Waals surface area contributed by atoms with Crippen molar-refractivity contribution in [3.05, 3.63) is 0 Å². The van der Waals surface area contributed by atoms with E-state index in [0.29, 0.717) is 25.6 Å². The van der Waals surface area contributed by atoms with E-state index in [1.165, 1.54) is 12.8 Å². The summed E-state index contributed by atoms with van der Waals surface area (Å²) in [5.74, 6) is 0.681. The SMILES string of the molecule is CN1CCCN(CC(=O)NCC2CC(=O)N(C3CCCC3)C2)CC1. The summed E-state index contributed by atoms with van der Waals surface area (Å²) in [6, 6.07) is 0.465. The predicted molar refractivity (Wildman–Crippen MR) is 93.6 cm³/mol. The monoisotopic (exact) mass is 336 g/mol. The molecule has 6 heteroatoms. The van der Waals surface area contributed by atoms with E-state index in [1.807, 2.05) is 0 Å². The van der Waals surface area contributed by atoms with E-state index in [4.69, 9.17) is 0 Å². The largest absolute Gasteiger partial charge is 0.355 e. The molecule has 0 aromatic rings. The number of rotatable bonds is 5. The van der Waals surface area contributed by atoms with Crippen molar-refractivity contribution in [2.75, 3.05) is 52.9 Å². The number of carbonyl (C=O) groups is 2. The summed E-state index contributed by atoms with van der Waals surface area (Å²) in [5, 5.41) is 3.06. The van der Waals surface area contributed by atoms with E-state index < -0.39 is 0 Å². The van der Waals surface area contributed by atoms with Gasteiger partial charge in [0.05, 0.1) is 6.54 Å². The minimum Gasteiger partial charge on any atom is -0.355 e. The van der Waals surface area contributed by atoms with Crippen LogP contribution in [-0.4, -0.2) is 85.4 Å². The molecule has 0 bridgehead atoms. The quantitative estimate of drug-likeness (QED) is 0.796. The summed E-state index contributed by atoms with van der Waals surface area (Å²) in [7, 11) is 2.14. The molecule has 1 unspecified atom stereocenters. The molecule has 1 atom stereocenters. The molecule has 24 heavy (non-hydrogen) atoms. The van der Waals surface area contributed by atoms with Crippen LogP contribution >= 0.6 is 0 Å². The second-order valence-corrected chi connectivity index (χ2v) is 7.79. The van der Waals surface area contributed by atoms with Gasteiger partial charge in [-0.25, -0.2) is 0 Å². The van der Waals surface area contributed by atoms with E-state index in [1.54, 1.807) is 0 Å². The highest BCUT2D eigenvalue weighted by Gasteiger charge is 2.35. The molecular weight excluding hydrogens is 304 g/mol. The summed E-state index contributed by atoms with van der Waals surface area (Å²) < 4.78 is 0. The molecule has 0 aromatic heterocycles. The average Bonchev–Trinajstić information content (AvgIpc) is 3.15. The van der Waals surface area contributed by atoms with Crippen LogP contribution in [0.25, 0.3) is 0 Å². The lowest BCUT2D eigenvalue weighted by Crippen LogP contribution is -2.41. The van der Waals surface area contributed by atoms with Crippen molar-refractivity contribution in [2.24, 2.45) is 5.92 Å². The Labute approximate surface area is 145 Å². The third-order valence-electron chi connectivity index (χ3n) is 5.77. The van der Waals surface area contributed by atoms with Gasteiger partial charge < -0.3 is 15.1 Å². The van der Waals surface area contributed by atoms with E-state index >= 15 is 0 Å². The van der Waals surface area contributed by atoms with Crippen molar-refractivity contribution in [3.63, 3.8) is 0 Å². The molecule has 1 saturated carbocycles. The lowest BCUT2D eigenvalue weighted by Gasteiger charge is -2.24. The van der Waals surface area contributed by atoms with Crippen LogP contribution in [-0.2, 0) is 9.59 Å². The second-order valence-electron chi connectivity index (χ2n) is 7.79. The van der Waals surface area contributed by atoms with Crippen molar-refractivity contribution >= 4 is 11.8 Å². The van der Waals surface area contributed by atoms with Gasteiger partial charge in [-0.3, -0.25) is 14.5 Å². The van der Waals surface area contributed by atoms with Crippen LogP contribution in [0.4, 0.5) is 0 Å². The Morgan fingerprint density at radius 3 is 2.71 bits per heavy atom. The summed E-state index contributed by atoms with van der Waals surface area (Å²) >= 11 is 0. The van der Waals surface area contributed by atoms with Crippen LogP contribution in [0, 0.1) is 5.92 Å². The normalized spacial score (nSPS) is 27.6. The molecule has 1 aliphatic carbocycles. The zero-order valence-corrected chi connectivity index (χ0v) is 15.0. The first kappa shape index (κ1) is 17.7. The molecule has 2 aliphatic heterocycles. The first-order valence-corrected chi connectivity index (χ1v) is 9.59. The van der Waals surface area contributed by atoms with Gasteiger partial charge in [-0.15, -0.1) is 0 Å². The molecule has 0 aromatic carbocycles. The molecule has 2 saturated heterocycles. The second kappa shape index (κ2) is 8.30. The standard InChI is InChI=1S/C18H32N4O2/c1-20-7-4-8-21(10-9-20)14-17(23)19-12-15-11-18(24)22(13-15)16-5-2-3-6-16/h15-16H,2-14H2,1H3,(H,19,23). The summed E-state index contributed by atoms with van der Waals surface area (Å²) in [6.07, 6.45) is 6.55. The number of nitrogens with zero attached hydrogens (tertiary/aromatic N) is 3. The maximum atomic E-state index is 12.2. The number of carbonyl (C=O) groups excluding carboxylic acids is 2. The number of likely N-dealkylation sites (tertiary alicyclic amines) is 1. The maximum absolute atomic E-state index is 12.2. The van der Waals surface area contributed by atoms with E-state index in [-0.39, 0.29) is 17.7 Å². The van der Waals surface area contributed by atoms with Gasteiger partial charge in [0.15, 0.2) is 0 Å². The van der Waals surface area contributed by atoms with E-state index in [9.17, 15) is 9.59 Å². The third-order valence-corrected chi connectivity index (χ3v) is 5.77. The van der Waals surface area contributed by atoms with Crippen LogP contribution in [0.2, 0.25) is 0 Å². The smallest absolute Gasteiger partial charge is 0.234 e. The van der Waals surface area contributed by atoms with E-state index in [0.717, 1.165) is 52.0 Å². The van der Waals surface area contributed by atoms with Gasteiger partial charge in [0.2, 0.25) is 11.8 Å². The van der Waals surface area contributed by atoms with E-state index in [2.05, 4.69) is 27.1 Å². The first-order chi connectivity index (χ1) is 11.6. The Bertz CT molecular complexity index is 450. The number of hydrogen-bond acceptors (Lipinski definition) is 4. The first-order valence-electron chi connectivity index (χ1n) is 9.59. The van der Waals surface area contributed by atoms with Crippen LogP contribution in [0.15, 0.2) is 0 Å². The van der Waals surface area contributed by atoms with Crippen LogP contribution < -0.4 is 5.32 Å². The molecule has 2 heterocycles. The number of hydrogen-bond donors (Lipinski definition) is 1. The Morgan fingerprint density at radius 1 is 1.12 bits per heavy atom. The minimum absolute atomic E-state index is 0.103. The van der Waals surface area contributed by atoms with Gasteiger partial charge >= 0.3 is 0 Å². The van der Waals surface area contributed by atoms with Gasteiger partial charge in [-0.1, -0.05) is 12.8 Å². The maximum Gasteiger partial charge on any atom is 0.234 e. The fourth-order valence-corrected chi connectivity index (χ4v) is 4.29. The lowest BCUT2D eigenvalue weighted by molar-refractivity contribution is -0.129. The zero-order chi connectivity index (χ0) is 16.9. The summed E-state index contributed by atoms with van der Waals surface area (Å²) in [6.45, 7) is 6.05. The summed E-state index contributed by atoms with van der Waals surface area (Å²) in [4.78, 5) is 31.1. The molecule has 0 spiro atoms. The molecule has 3 aliphatic rings. The zero-order valence-electron chi connectivity index (χ0n) is 15.0. The fourth-order valence-electron chi connectivity index (χ4n) is 4.29. The van der Waals surface area contributed by atoms with Crippen molar-refractivity contribution < 1.29 is 9.59 Å². The Balaban J connectivity index is 1.38. The molecule has 0 radical (unpaired) electrons. The van der Waals surface area contributed by atoms with Gasteiger partial charge in [-0.2, -0.15) is 0 Å². The molecule has 1 N–H and O–H groups in total. The molecule has 3 fully saturated rings. The van der Waals surface area contributed by atoms with Gasteiger partial charge in [0.1, 0.15) is 0 Å².